The fourth-order valence-electron chi connectivity index (χ4n) is 1.47. The van der Waals surface area contributed by atoms with Crippen molar-refractivity contribution in [2.45, 2.75) is 25.4 Å². The summed E-state index contributed by atoms with van der Waals surface area (Å²) in [7, 11) is 2.05. The lowest BCUT2D eigenvalue weighted by Crippen LogP contribution is -2.43. The molecular weight excluding hydrogens is 114 g/mol. The number of likely N-dealkylation sites (N-methyl/N-ethyl adjacent to an activating group) is 1. The minimum Gasteiger partial charge on any atom is -0.389 e. The maximum atomic E-state index is 9.50. The van der Waals surface area contributed by atoms with Crippen LogP contribution in [-0.2, 0) is 0 Å². The van der Waals surface area contributed by atoms with Crippen molar-refractivity contribution in [2.75, 3.05) is 20.1 Å². The number of piperidine rings is 1. The number of β-amino-alcohol motifs (C(OH)–C–C–N with tert-alkyl or cyclic N) is 1. The van der Waals surface area contributed by atoms with Crippen LogP contribution in [0, 0.1) is 0 Å². The van der Waals surface area contributed by atoms with E-state index in [9.17, 15) is 5.11 Å². The van der Waals surface area contributed by atoms with Gasteiger partial charge in [0.2, 0.25) is 0 Å². The monoisotopic (exact) mass is 129 g/mol. The van der Waals surface area contributed by atoms with Crippen molar-refractivity contribution in [1.82, 2.24) is 4.90 Å². The summed E-state index contributed by atoms with van der Waals surface area (Å²) in [6, 6.07) is 0. The number of likely N-dealkylation sites (tertiary alicyclic amines) is 1. The molecule has 0 bridgehead atoms. The maximum Gasteiger partial charge on any atom is 0.0746 e. The second-order valence-electron chi connectivity index (χ2n) is 3.34. The smallest absolute Gasteiger partial charge is 0.0746 e. The summed E-state index contributed by atoms with van der Waals surface area (Å²) in [6.45, 7) is 3.87. The molecule has 0 saturated carbocycles. The van der Waals surface area contributed by atoms with Gasteiger partial charge in [-0.25, -0.2) is 0 Å². The Hall–Kier alpha value is -0.0800. The van der Waals surface area contributed by atoms with Crippen molar-refractivity contribution in [3.8, 4) is 0 Å². The molecule has 0 aromatic rings. The van der Waals surface area contributed by atoms with E-state index in [0.29, 0.717) is 0 Å². The van der Waals surface area contributed by atoms with Gasteiger partial charge in [0.1, 0.15) is 0 Å². The van der Waals surface area contributed by atoms with Crippen LogP contribution in [0.1, 0.15) is 19.8 Å². The Morgan fingerprint density at radius 2 is 2.22 bits per heavy atom. The fraction of sp³-hybridized carbons (Fsp3) is 1.00. The molecule has 0 spiro atoms. The van der Waals surface area contributed by atoms with Gasteiger partial charge >= 0.3 is 0 Å². The molecule has 1 heterocycles. The molecule has 0 radical (unpaired) electrons. The summed E-state index contributed by atoms with van der Waals surface area (Å²) < 4.78 is 0. The Labute approximate surface area is 56.5 Å². The van der Waals surface area contributed by atoms with E-state index in [4.69, 9.17) is 0 Å². The van der Waals surface area contributed by atoms with Crippen molar-refractivity contribution in [3.05, 3.63) is 0 Å². The summed E-state index contributed by atoms with van der Waals surface area (Å²) in [5.74, 6) is 0. The molecule has 2 heteroatoms. The van der Waals surface area contributed by atoms with E-state index in [2.05, 4.69) is 4.90 Å². The normalized spacial score (nSPS) is 39.0. The first kappa shape index (κ1) is 7.03. The van der Waals surface area contributed by atoms with Crippen LogP contribution in [0.4, 0.5) is 0 Å². The van der Waals surface area contributed by atoms with Gasteiger partial charge in [0.05, 0.1) is 5.60 Å². The van der Waals surface area contributed by atoms with Gasteiger partial charge in [0.25, 0.3) is 0 Å². The molecule has 1 N–H and O–H groups in total. The molecule has 1 atom stereocenters. The van der Waals surface area contributed by atoms with Gasteiger partial charge in [-0.2, -0.15) is 0 Å². The molecule has 1 fully saturated rings. The number of rotatable bonds is 0. The molecule has 1 aliphatic heterocycles. The predicted molar refractivity (Wildman–Crippen MR) is 37.4 cm³/mol. The lowest BCUT2D eigenvalue weighted by molar-refractivity contribution is -0.00684. The van der Waals surface area contributed by atoms with Gasteiger partial charge in [-0.15, -0.1) is 0 Å². The van der Waals surface area contributed by atoms with E-state index < -0.39 is 5.60 Å². The van der Waals surface area contributed by atoms with E-state index in [1.165, 1.54) is 0 Å². The Morgan fingerprint density at radius 3 is 2.56 bits per heavy atom. The minimum absolute atomic E-state index is 0.424. The van der Waals surface area contributed by atoms with Crippen LogP contribution in [0.3, 0.4) is 0 Å². The zero-order chi connectivity index (χ0) is 6.91. The van der Waals surface area contributed by atoms with Crippen molar-refractivity contribution in [3.63, 3.8) is 0 Å². The second kappa shape index (κ2) is 2.27. The topological polar surface area (TPSA) is 23.5 Å². The largest absolute Gasteiger partial charge is 0.389 e. The Balaban J connectivity index is 2.41. The molecule has 0 aromatic carbocycles. The lowest BCUT2D eigenvalue weighted by Gasteiger charge is -2.34. The van der Waals surface area contributed by atoms with Gasteiger partial charge in [-0.05, 0) is 33.4 Å². The summed E-state index contributed by atoms with van der Waals surface area (Å²) >= 11 is 0. The Morgan fingerprint density at radius 1 is 1.56 bits per heavy atom. The Bertz CT molecular complexity index is 101. The van der Waals surface area contributed by atoms with Crippen molar-refractivity contribution >= 4 is 0 Å². The zero-order valence-corrected chi connectivity index (χ0v) is 6.22. The van der Waals surface area contributed by atoms with Gasteiger partial charge in [-0.3, -0.25) is 0 Å². The first-order valence-electron chi connectivity index (χ1n) is 3.51. The highest BCUT2D eigenvalue weighted by Gasteiger charge is 2.25. The summed E-state index contributed by atoms with van der Waals surface area (Å²) in [6.07, 6.45) is 2.08. The number of aliphatic hydroxyl groups is 1. The van der Waals surface area contributed by atoms with Crippen LogP contribution in [0.25, 0.3) is 0 Å². The van der Waals surface area contributed by atoms with Gasteiger partial charge in [0, 0.05) is 6.54 Å². The minimum atomic E-state index is -0.424. The van der Waals surface area contributed by atoms with E-state index in [1.54, 1.807) is 0 Å². The van der Waals surface area contributed by atoms with Gasteiger partial charge in [0.15, 0.2) is 0 Å². The quantitative estimate of drug-likeness (QED) is 0.513. The van der Waals surface area contributed by atoms with Crippen molar-refractivity contribution in [2.24, 2.45) is 0 Å². The number of nitrogens with zero attached hydrogens (tertiary/aromatic N) is 1. The first-order chi connectivity index (χ1) is 4.10. The maximum absolute atomic E-state index is 9.50. The average Bonchev–Trinajstić information content (AvgIpc) is 1.60. The van der Waals surface area contributed by atoms with Crippen LogP contribution < -0.4 is 0 Å². The van der Waals surface area contributed by atoms with E-state index in [0.717, 1.165) is 25.9 Å². The Kier molecular flexibility index (Phi) is 1.78. The van der Waals surface area contributed by atoms with Crippen LogP contribution in [0.5, 0.6) is 0 Å². The van der Waals surface area contributed by atoms with Gasteiger partial charge < -0.3 is 10.0 Å². The molecule has 1 rings (SSSR count). The summed E-state index contributed by atoms with van der Waals surface area (Å²) in [5.41, 5.74) is -0.424. The SMILES string of the molecule is CN1CCCC(C)(O)C1. The van der Waals surface area contributed by atoms with Crippen LogP contribution in [0.15, 0.2) is 0 Å². The van der Waals surface area contributed by atoms with Crippen LogP contribution >= 0.6 is 0 Å². The second-order valence-corrected chi connectivity index (χ2v) is 3.34. The van der Waals surface area contributed by atoms with Crippen molar-refractivity contribution in [1.29, 1.82) is 0 Å². The summed E-state index contributed by atoms with van der Waals surface area (Å²) in [4.78, 5) is 2.17. The highest BCUT2D eigenvalue weighted by Crippen LogP contribution is 2.18. The third-order valence-corrected chi connectivity index (χ3v) is 1.87. The molecule has 0 aliphatic carbocycles. The molecule has 1 unspecified atom stereocenters. The highest BCUT2D eigenvalue weighted by molar-refractivity contribution is 4.80. The number of hydrogen-bond donors (Lipinski definition) is 1. The molecule has 2 nitrogen and oxygen atoms in total. The summed E-state index contributed by atoms with van der Waals surface area (Å²) in [5, 5.41) is 9.50. The fourth-order valence-corrected chi connectivity index (χ4v) is 1.47. The van der Waals surface area contributed by atoms with Crippen LogP contribution in [0.2, 0.25) is 0 Å². The van der Waals surface area contributed by atoms with E-state index in [1.807, 2.05) is 14.0 Å². The van der Waals surface area contributed by atoms with E-state index >= 15 is 0 Å². The molecule has 0 aromatic heterocycles. The molecule has 1 aliphatic rings. The molecular formula is C7H15NO. The average molecular weight is 129 g/mol. The highest BCUT2D eigenvalue weighted by atomic mass is 16.3. The molecule has 9 heavy (non-hydrogen) atoms. The zero-order valence-electron chi connectivity index (χ0n) is 6.22. The van der Waals surface area contributed by atoms with Gasteiger partial charge in [-0.1, -0.05) is 0 Å². The third kappa shape index (κ3) is 1.95. The lowest BCUT2D eigenvalue weighted by atomic mass is 9.96. The first-order valence-corrected chi connectivity index (χ1v) is 3.51. The molecule has 1 saturated heterocycles. The molecule has 0 amide bonds. The molecule has 54 valence electrons. The predicted octanol–water partition coefficient (Wildman–Crippen LogP) is 0.463. The standard InChI is InChI=1S/C7H15NO/c1-7(9)4-3-5-8(2)6-7/h9H,3-6H2,1-2H3. The van der Waals surface area contributed by atoms with E-state index in [-0.39, 0.29) is 0 Å². The van der Waals surface area contributed by atoms with Crippen LogP contribution in [-0.4, -0.2) is 35.7 Å². The van der Waals surface area contributed by atoms with Crippen molar-refractivity contribution < 1.29 is 5.11 Å². The third-order valence-electron chi connectivity index (χ3n) is 1.87. The number of hydrogen-bond acceptors (Lipinski definition) is 2.